The third-order valence-corrected chi connectivity index (χ3v) is 4.52. The van der Waals surface area contributed by atoms with Gasteiger partial charge in [0.1, 0.15) is 17.5 Å². The van der Waals surface area contributed by atoms with E-state index in [0.29, 0.717) is 0 Å². The van der Waals surface area contributed by atoms with E-state index in [1.807, 2.05) is 6.07 Å². The van der Waals surface area contributed by atoms with Crippen LogP contribution in [0.15, 0.2) is 22.0 Å². The standard InChI is InChI=1S/C15H21BrN4S/c1-5-17-12-7-13(20-14(19-12)15(2,3)4)18-8-11-6-10(16)9-21-11/h6-7,9H,5,8H2,1-4H3,(H2,17,18,19,20). The summed E-state index contributed by atoms with van der Waals surface area (Å²) < 4.78 is 1.12. The molecule has 0 atom stereocenters. The first-order valence-corrected chi connectivity index (χ1v) is 8.66. The van der Waals surface area contributed by atoms with Crippen molar-refractivity contribution in [3.05, 3.63) is 32.7 Å². The van der Waals surface area contributed by atoms with E-state index in [4.69, 9.17) is 0 Å². The lowest BCUT2D eigenvalue weighted by Gasteiger charge is -2.19. The lowest BCUT2D eigenvalue weighted by atomic mass is 9.96. The van der Waals surface area contributed by atoms with Gasteiger partial charge in [-0.3, -0.25) is 0 Å². The van der Waals surface area contributed by atoms with E-state index in [1.54, 1.807) is 11.3 Å². The fourth-order valence-corrected chi connectivity index (χ4v) is 3.16. The zero-order chi connectivity index (χ0) is 15.5. The molecule has 2 heterocycles. The fraction of sp³-hybridized carbons (Fsp3) is 0.467. The van der Waals surface area contributed by atoms with Crippen LogP contribution in [0.3, 0.4) is 0 Å². The summed E-state index contributed by atoms with van der Waals surface area (Å²) in [6, 6.07) is 4.08. The van der Waals surface area contributed by atoms with Crippen LogP contribution in [0.25, 0.3) is 0 Å². The zero-order valence-electron chi connectivity index (χ0n) is 12.8. The Bertz CT molecular complexity index is 604. The minimum atomic E-state index is -0.0756. The summed E-state index contributed by atoms with van der Waals surface area (Å²) in [7, 11) is 0. The van der Waals surface area contributed by atoms with E-state index < -0.39 is 0 Å². The van der Waals surface area contributed by atoms with Gasteiger partial charge in [0.05, 0.1) is 6.54 Å². The van der Waals surface area contributed by atoms with Gasteiger partial charge in [0, 0.05) is 32.8 Å². The lowest BCUT2D eigenvalue weighted by molar-refractivity contribution is 0.546. The van der Waals surface area contributed by atoms with Gasteiger partial charge >= 0.3 is 0 Å². The SMILES string of the molecule is CCNc1cc(NCc2cc(Br)cs2)nc(C(C)(C)C)n1. The van der Waals surface area contributed by atoms with Gasteiger partial charge in [-0.05, 0) is 28.9 Å². The largest absolute Gasteiger partial charge is 0.370 e. The molecule has 2 aromatic rings. The van der Waals surface area contributed by atoms with E-state index in [1.165, 1.54) is 4.88 Å². The Morgan fingerprint density at radius 3 is 2.33 bits per heavy atom. The number of aromatic nitrogens is 2. The van der Waals surface area contributed by atoms with Gasteiger partial charge in [-0.15, -0.1) is 11.3 Å². The quantitative estimate of drug-likeness (QED) is 0.806. The number of anilines is 2. The monoisotopic (exact) mass is 368 g/mol. The Kier molecular flexibility index (Phi) is 5.22. The van der Waals surface area contributed by atoms with Crippen molar-refractivity contribution in [1.82, 2.24) is 9.97 Å². The molecule has 0 saturated heterocycles. The van der Waals surface area contributed by atoms with Crippen LogP contribution in [-0.4, -0.2) is 16.5 Å². The molecule has 0 saturated carbocycles. The van der Waals surface area contributed by atoms with Crippen LogP contribution in [0.4, 0.5) is 11.6 Å². The average Bonchev–Trinajstić information content (AvgIpc) is 2.81. The Labute approximate surface area is 138 Å². The highest BCUT2D eigenvalue weighted by Crippen LogP contribution is 2.24. The zero-order valence-corrected chi connectivity index (χ0v) is 15.2. The summed E-state index contributed by atoms with van der Waals surface area (Å²) >= 11 is 5.20. The molecule has 2 rings (SSSR count). The van der Waals surface area contributed by atoms with Crippen LogP contribution in [0.5, 0.6) is 0 Å². The number of hydrogen-bond acceptors (Lipinski definition) is 5. The Morgan fingerprint density at radius 1 is 1.14 bits per heavy atom. The molecule has 0 fully saturated rings. The molecule has 0 amide bonds. The molecule has 0 aliphatic heterocycles. The molecule has 114 valence electrons. The van der Waals surface area contributed by atoms with Crippen molar-refractivity contribution in [2.75, 3.05) is 17.2 Å². The van der Waals surface area contributed by atoms with Crippen molar-refractivity contribution in [1.29, 1.82) is 0 Å². The Hall–Kier alpha value is -1.14. The van der Waals surface area contributed by atoms with Gasteiger partial charge in [0.25, 0.3) is 0 Å². The number of nitrogens with zero attached hydrogens (tertiary/aromatic N) is 2. The van der Waals surface area contributed by atoms with Crippen LogP contribution >= 0.6 is 27.3 Å². The maximum absolute atomic E-state index is 4.64. The Balaban J connectivity index is 2.19. The van der Waals surface area contributed by atoms with Crippen LogP contribution in [-0.2, 0) is 12.0 Å². The topological polar surface area (TPSA) is 49.8 Å². The summed E-state index contributed by atoms with van der Waals surface area (Å²) in [5.74, 6) is 2.57. The van der Waals surface area contributed by atoms with Gasteiger partial charge in [0.15, 0.2) is 0 Å². The maximum atomic E-state index is 4.64. The molecule has 0 spiro atoms. The van der Waals surface area contributed by atoms with Crippen molar-refractivity contribution >= 4 is 38.9 Å². The second-order valence-electron chi connectivity index (χ2n) is 5.83. The maximum Gasteiger partial charge on any atom is 0.138 e. The van der Waals surface area contributed by atoms with Gasteiger partial charge in [-0.1, -0.05) is 20.8 Å². The van der Waals surface area contributed by atoms with E-state index in [9.17, 15) is 0 Å². The average molecular weight is 369 g/mol. The van der Waals surface area contributed by atoms with Crippen molar-refractivity contribution in [3.63, 3.8) is 0 Å². The molecular weight excluding hydrogens is 348 g/mol. The number of rotatable bonds is 5. The van der Waals surface area contributed by atoms with Crippen molar-refractivity contribution in [3.8, 4) is 0 Å². The fourth-order valence-electron chi connectivity index (χ4n) is 1.77. The molecule has 6 heteroatoms. The van der Waals surface area contributed by atoms with Gasteiger partial charge < -0.3 is 10.6 Å². The van der Waals surface area contributed by atoms with Gasteiger partial charge in [-0.25, -0.2) is 9.97 Å². The minimum absolute atomic E-state index is 0.0756. The molecule has 0 aromatic carbocycles. The summed E-state index contributed by atoms with van der Waals surface area (Å²) in [6.07, 6.45) is 0. The smallest absolute Gasteiger partial charge is 0.138 e. The highest BCUT2D eigenvalue weighted by molar-refractivity contribution is 9.10. The van der Waals surface area contributed by atoms with E-state index >= 15 is 0 Å². The van der Waals surface area contributed by atoms with Crippen LogP contribution in [0, 0.1) is 0 Å². The predicted octanol–water partition coefficient (Wildman–Crippen LogP) is 4.64. The Morgan fingerprint density at radius 2 is 1.81 bits per heavy atom. The van der Waals surface area contributed by atoms with Crippen molar-refractivity contribution in [2.24, 2.45) is 0 Å². The molecular formula is C15H21BrN4S. The summed E-state index contributed by atoms with van der Waals surface area (Å²) in [4.78, 5) is 10.5. The summed E-state index contributed by atoms with van der Waals surface area (Å²) in [5, 5.41) is 8.74. The molecule has 2 aromatic heterocycles. The van der Waals surface area contributed by atoms with E-state index in [-0.39, 0.29) is 5.41 Å². The number of nitrogens with one attached hydrogen (secondary N) is 2. The summed E-state index contributed by atoms with van der Waals surface area (Å²) in [6.45, 7) is 10.0. The van der Waals surface area contributed by atoms with E-state index in [2.05, 4.69) is 75.7 Å². The molecule has 0 aliphatic carbocycles. The first-order chi connectivity index (χ1) is 9.88. The molecule has 2 N–H and O–H groups in total. The molecule has 0 aliphatic rings. The van der Waals surface area contributed by atoms with Gasteiger partial charge in [-0.2, -0.15) is 0 Å². The first kappa shape index (κ1) is 16.2. The highest BCUT2D eigenvalue weighted by atomic mass is 79.9. The normalized spacial score (nSPS) is 11.5. The van der Waals surface area contributed by atoms with E-state index in [0.717, 1.165) is 35.0 Å². The molecule has 0 bridgehead atoms. The third kappa shape index (κ3) is 4.68. The third-order valence-electron chi connectivity index (χ3n) is 2.82. The lowest BCUT2D eigenvalue weighted by Crippen LogP contribution is -2.18. The molecule has 0 radical (unpaired) electrons. The number of thiophene rings is 1. The van der Waals surface area contributed by atoms with Crippen LogP contribution in [0.1, 0.15) is 38.4 Å². The second kappa shape index (κ2) is 6.75. The first-order valence-electron chi connectivity index (χ1n) is 6.98. The van der Waals surface area contributed by atoms with Crippen molar-refractivity contribution in [2.45, 2.75) is 39.7 Å². The summed E-state index contributed by atoms with van der Waals surface area (Å²) in [5.41, 5.74) is -0.0756. The highest BCUT2D eigenvalue weighted by Gasteiger charge is 2.19. The van der Waals surface area contributed by atoms with Crippen LogP contribution in [0.2, 0.25) is 0 Å². The minimum Gasteiger partial charge on any atom is -0.370 e. The second-order valence-corrected chi connectivity index (χ2v) is 7.74. The van der Waals surface area contributed by atoms with Gasteiger partial charge in [0.2, 0.25) is 0 Å². The number of halogens is 1. The molecule has 0 unspecified atom stereocenters. The van der Waals surface area contributed by atoms with Crippen molar-refractivity contribution < 1.29 is 0 Å². The predicted molar refractivity (Wildman–Crippen MR) is 94.2 cm³/mol. The molecule has 4 nitrogen and oxygen atoms in total. The van der Waals surface area contributed by atoms with Crippen LogP contribution < -0.4 is 10.6 Å². The number of hydrogen-bond donors (Lipinski definition) is 2. The molecule has 21 heavy (non-hydrogen) atoms.